The Morgan fingerprint density at radius 2 is 1.30 bits per heavy atom. The molecule has 1 unspecified atom stereocenters. The third kappa shape index (κ3) is 10.6. The molecular weight excluding hydrogens is 360 g/mol. The van der Waals surface area contributed by atoms with Crippen LogP contribution in [0.25, 0.3) is 0 Å². The largest absolute Gasteiger partial charge is 0.504 e. The van der Waals surface area contributed by atoms with Crippen molar-refractivity contribution in [2.75, 3.05) is 0 Å². The summed E-state index contributed by atoms with van der Waals surface area (Å²) in [4.78, 5) is 12.2. The van der Waals surface area contributed by atoms with E-state index in [1.165, 1.54) is 82.8 Å². The van der Waals surface area contributed by atoms with Crippen molar-refractivity contribution in [3.05, 3.63) is 23.8 Å². The summed E-state index contributed by atoms with van der Waals surface area (Å²) in [5, 5.41) is 18.1. The molecule has 0 aliphatic rings. The lowest BCUT2D eigenvalue weighted by atomic mass is 10.0. The Morgan fingerprint density at radius 1 is 0.815 bits per heavy atom. The Morgan fingerprint density at radius 3 is 1.78 bits per heavy atom. The summed E-state index contributed by atoms with van der Waals surface area (Å²) in [5.41, 5.74) is 0.534. The van der Waals surface area contributed by atoms with Crippen LogP contribution in [0.3, 0.4) is 0 Å². The monoisotopic (exact) mass is 396 g/mol. The molecule has 0 saturated carbocycles. The molecule has 1 atom stereocenters. The Balaban J connectivity index is 2.00. The average Bonchev–Trinajstić information content (AvgIpc) is 2.66. The van der Waals surface area contributed by atoms with Gasteiger partial charge in [-0.25, -0.2) is 0 Å². The number of rotatable bonds is 16. The fraction of sp³-hybridized carbons (Fsp3) is 0.696. The van der Waals surface area contributed by atoms with E-state index in [-0.39, 0.29) is 17.3 Å². The zero-order valence-corrected chi connectivity index (χ0v) is 17.6. The number of Topliss-reactive ketones (excluding diaryl/α,β-unsaturated/α-hetero) is 1. The number of phenols is 2. The lowest BCUT2D eigenvalue weighted by Gasteiger charge is -2.10. The molecule has 2 N–H and O–H groups in total. The van der Waals surface area contributed by atoms with Gasteiger partial charge in [0.1, 0.15) is 5.38 Å². The summed E-state index contributed by atoms with van der Waals surface area (Å²) in [7, 11) is 0. The van der Waals surface area contributed by atoms with Crippen molar-refractivity contribution >= 4 is 17.4 Å². The Labute approximate surface area is 170 Å². The molecule has 0 aliphatic carbocycles. The molecule has 154 valence electrons. The number of halogens is 1. The number of benzene rings is 1. The average molecular weight is 397 g/mol. The van der Waals surface area contributed by atoms with Gasteiger partial charge in [0.05, 0.1) is 0 Å². The van der Waals surface area contributed by atoms with Crippen LogP contribution in [0.2, 0.25) is 0 Å². The second-order valence-electron chi connectivity index (χ2n) is 7.57. The van der Waals surface area contributed by atoms with Gasteiger partial charge >= 0.3 is 0 Å². The first kappa shape index (κ1) is 23.8. The van der Waals surface area contributed by atoms with Crippen molar-refractivity contribution in [3.8, 4) is 11.5 Å². The predicted octanol–water partition coefficient (Wildman–Crippen LogP) is 7.43. The zero-order valence-electron chi connectivity index (χ0n) is 16.9. The van der Waals surface area contributed by atoms with E-state index < -0.39 is 5.38 Å². The molecule has 0 spiro atoms. The van der Waals surface area contributed by atoms with E-state index in [4.69, 9.17) is 11.6 Å². The van der Waals surface area contributed by atoms with Crippen LogP contribution >= 0.6 is 11.6 Å². The number of unbranched alkanes of at least 4 members (excludes halogenated alkanes) is 12. The molecule has 4 heteroatoms. The highest BCUT2D eigenvalue weighted by Crippen LogP contribution is 2.31. The van der Waals surface area contributed by atoms with E-state index in [2.05, 4.69) is 6.92 Å². The molecule has 0 aromatic heterocycles. The molecule has 0 heterocycles. The van der Waals surface area contributed by atoms with Gasteiger partial charge in [0, 0.05) is 6.42 Å². The van der Waals surface area contributed by atoms with Gasteiger partial charge in [-0.05, 0) is 24.1 Å². The van der Waals surface area contributed by atoms with E-state index >= 15 is 0 Å². The van der Waals surface area contributed by atoms with Crippen molar-refractivity contribution in [2.24, 2.45) is 0 Å². The van der Waals surface area contributed by atoms with Crippen LogP contribution in [0.1, 0.15) is 108 Å². The van der Waals surface area contributed by atoms with E-state index in [1.807, 2.05) is 0 Å². The number of carbonyl (C=O) groups excluding carboxylic acids is 1. The quantitative estimate of drug-likeness (QED) is 0.173. The number of carbonyl (C=O) groups is 1. The second-order valence-corrected chi connectivity index (χ2v) is 8.01. The highest BCUT2D eigenvalue weighted by molar-refractivity contribution is 6.31. The van der Waals surface area contributed by atoms with Crippen molar-refractivity contribution < 1.29 is 15.0 Å². The zero-order chi connectivity index (χ0) is 19.9. The first-order valence-corrected chi connectivity index (χ1v) is 11.2. The van der Waals surface area contributed by atoms with Crippen molar-refractivity contribution in [3.63, 3.8) is 0 Å². The van der Waals surface area contributed by atoms with Gasteiger partial charge in [-0.3, -0.25) is 4.79 Å². The number of ketones is 1. The fourth-order valence-corrected chi connectivity index (χ4v) is 3.57. The molecule has 3 nitrogen and oxygen atoms in total. The van der Waals surface area contributed by atoms with Gasteiger partial charge in [0.15, 0.2) is 17.3 Å². The molecule has 0 saturated heterocycles. The highest BCUT2D eigenvalue weighted by Gasteiger charge is 2.18. The van der Waals surface area contributed by atoms with Crippen LogP contribution in [-0.2, 0) is 4.79 Å². The molecule has 1 aromatic rings. The van der Waals surface area contributed by atoms with Crippen LogP contribution in [-0.4, -0.2) is 16.0 Å². The number of hydrogen-bond acceptors (Lipinski definition) is 3. The summed E-state index contributed by atoms with van der Waals surface area (Å²) in [5.74, 6) is -0.469. The molecule has 0 fully saturated rings. The Hall–Kier alpha value is -1.22. The number of phenolic OH excluding ortho intramolecular Hbond substituents is 2. The molecule has 1 rings (SSSR count). The minimum atomic E-state index is -0.756. The van der Waals surface area contributed by atoms with Gasteiger partial charge in [0.2, 0.25) is 0 Å². The SMILES string of the molecule is CCCCCCCCCCCCCCCC(=O)C(Cl)c1ccc(O)c(O)c1. The highest BCUT2D eigenvalue weighted by atomic mass is 35.5. The molecular formula is C23H37ClO3. The predicted molar refractivity (Wildman–Crippen MR) is 114 cm³/mol. The Bertz CT molecular complexity index is 530. The normalized spacial score (nSPS) is 12.2. The van der Waals surface area contributed by atoms with Crippen LogP contribution in [0.15, 0.2) is 18.2 Å². The molecule has 1 aromatic carbocycles. The third-order valence-corrected chi connectivity index (χ3v) is 5.60. The second kappa shape index (κ2) is 14.8. The van der Waals surface area contributed by atoms with E-state index in [0.717, 1.165) is 12.8 Å². The fourth-order valence-electron chi connectivity index (χ4n) is 3.33. The molecule has 0 radical (unpaired) electrons. The van der Waals surface area contributed by atoms with Crippen molar-refractivity contribution in [1.29, 1.82) is 0 Å². The van der Waals surface area contributed by atoms with E-state index in [0.29, 0.717) is 12.0 Å². The third-order valence-electron chi connectivity index (χ3n) is 5.10. The van der Waals surface area contributed by atoms with Crippen LogP contribution in [0.4, 0.5) is 0 Å². The topological polar surface area (TPSA) is 57.5 Å². The smallest absolute Gasteiger partial charge is 0.157 e. The maximum absolute atomic E-state index is 12.2. The maximum Gasteiger partial charge on any atom is 0.157 e. The molecule has 0 amide bonds. The lowest BCUT2D eigenvalue weighted by Crippen LogP contribution is -2.06. The van der Waals surface area contributed by atoms with Gasteiger partial charge in [0.25, 0.3) is 0 Å². The summed E-state index contributed by atoms with van der Waals surface area (Å²) in [6.45, 7) is 2.26. The van der Waals surface area contributed by atoms with Gasteiger partial charge in [-0.1, -0.05) is 90.0 Å². The molecule has 0 bridgehead atoms. The van der Waals surface area contributed by atoms with Crippen molar-refractivity contribution in [2.45, 2.75) is 102 Å². The first-order valence-electron chi connectivity index (χ1n) is 10.7. The molecule has 0 aliphatic heterocycles. The summed E-state index contributed by atoms with van der Waals surface area (Å²) in [6, 6.07) is 4.29. The summed E-state index contributed by atoms with van der Waals surface area (Å²) in [6.07, 6.45) is 17.1. The summed E-state index contributed by atoms with van der Waals surface area (Å²) >= 11 is 6.19. The van der Waals surface area contributed by atoms with Crippen LogP contribution < -0.4 is 0 Å². The van der Waals surface area contributed by atoms with E-state index in [9.17, 15) is 15.0 Å². The van der Waals surface area contributed by atoms with Gasteiger partial charge < -0.3 is 10.2 Å². The summed E-state index contributed by atoms with van der Waals surface area (Å²) < 4.78 is 0. The first-order chi connectivity index (χ1) is 13.1. The van der Waals surface area contributed by atoms with Crippen LogP contribution in [0, 0.1) is 0 Å². The lowest BCUT2D eigenvalue weighted by molar-refractivity contribution is -0.118. The van der Waals surface area contributed by atoms with Crippen molar-refractivity contribution in [1.82, 2.24) is 0 Å². The van der Waals surface area contributed by atoms with Gasteiger partial charge in [-0.2, -0.15) is 0 Å². The number of aromatic hydroxyl groups is 2. The minimum Gasteiger partial charge on any atom is -0.504 e. The van der Waals surface area contributed by atoms with E-state index in [1.54, 1.807) is 6.07 Å². The number of alkyl halides is 1. The standard InChI is InChI=1S/C23H37ClO3/c1-2-3-4-5-6-7-8-9-10-11-12-13-14-15-21(26)23(24)19-16-17-20(25)22(27)18-19/h16-18,23,25,27H,2-15H2,1H3. The minimum absolute atomic E-state index is 0.0233. The number of hydrogen-bond donors (Lipinski definition) is 2. The maximum atomic E-state index is 12.2. The van der Waals surface area contributed by atoms with Gasteiger partial charge in [-0.15, -0.1) is 11.6 Å². The Kier molecular flexibility index (Phi) is 13.0. The van der Waals surface area contributed by atoms with Crippen LogP contribution in [0.5, 0.6) is 11.5 Å². The molecule has 27 heavy (non-hydrogen) atoms.